The molecule has 3 rings (SSSR count). The van der Waals surface area contributed by atoms with Crippen LogP contribution in [-0.4, -0.2) is 38.9 Å². The molecule has 0 saturated heterocycles. The van der Waals surface area contributed by atoms with E-state index in [1.807, 2.05) is 13.0 Å². The van der Waals surface area contributed by atoms with Gasteiger partial charge in [-0.1, -0.05) is 11.1 Å². The smallest absolute Gasteiger partial charge is 0.250 e. The standard InChI is InChI=1S/C26H34FN5O2/c1-17-15-20(34-14-11-29)16-22(27)23(17)26(8-10-28,18(2)19-6-7-19)9-13-32-25(33)21-5-4-12-31-24(21)30-3/h15-16,31H,3-10,12-14,28H2,1-2H3,(H,32,33). The van der Waals surface area contributed by atoms with E-state index in [2.05, 4.69) is 29.3 Å². The van der Waals surface area contributed by atoms with Crippen LogP contribution < -0.4 is 21.1 Å². The van der Waals surface area contributed by atoms with Crippen molar-refractivity contribution in [2.45, 2.75) is 57.8 Å². The summed E-state index contributed by atoms with van der Waals surface area (Å²) in [6.45, 7) is 8.84. The largest absolute Gasteiger partial charge is 0.479 e. The molecule has 1 saturated carbocycles. The van der Waals surface area contributed by atoms with Gasteiger partial charge in [0, 0.05) is 30.1 Å². The maximum atomic E-state index is 15.6. The summed E-state index contributed by atoms with van der Waals surface area (Å²) in [7, 11) is 0. The highest BCUT2D eigenvalue weighted by molar-refractivity contribution is 5.94. The van der Waals surface area contributed by atoms with E-state index in [-0.39, 0.29) is 18.3 Å². The number of benzene rings is 1. The van der Waals surface area contributed by atoms with E-state index in [4.69, 9.17) is 15.7 Å². The number of halogens is 1. The molecule has 8 heteroatoms. The minimum Gasteiger partial charge on any atom is -0.479 e. The van der Waals surface area contributed by atoms with Gasteiger partial charge in [-0.05, 0) is 77.3 Å². The van der Waals surface area contributed by atoms with Gasteiger partial charge in [0.15, 0.2) is 6.61 Å². The summed E-state index contributed by atoms with van der Waals surface area (Å²) in [5.41, 5.74) is 9.80. The topological polar surface area (TPSA) is 113 Å². The van der Waals surface area contributed by atoms with Gasteiger partial charge in [-0.2, -0.15) is 5.26 Å². The van der Waals surface area contributed by atoms with Crippen LogP contribution in [0.4, 0.5) is 4.39 Å². The van der Waals surface area contributed by atoms with Gasteiger partial charge in [0.05, 0.1) is 5.57 Å². The number of carbonyl (C=O) groups excluding carboxylic acids is 1. The van der Waals surface area contributed by atoms with Gasteiger partial charge in [-0.15, -0.1) is 0 Å². The van der Waals surface area contributed by atoms with Crippen LogP contribution in [0.3, 0.4) is 0 Å². The van der Waals surface area contributed by atoms with E-state index in [9.17, 15) is 4.79 Å². The highest BCUT2D eigenvalue weighted by atomic mass is 19.1. The fraction of sp³-hybridized carbons (Fsp3) is 0.500. The zero-order valence-corrected chi connectivity index (χ0v) is 20.1. The molecule has 0 bridgehead atoms. The van der Waals surface area contributed by atoms with Crippen LogP contribution in [-0.2, 0) is 10.2 Å². The highest BCUT2D eigenvalue weighted by Crippen LogP contribution is 2.48. The number of allylic oxidation sites excluding steroid dienone is 2. The Hall–Kier alpha value is -3.18. The summed E-state index contributed by atoms with van der Waals surface area (Å²) in [5.74, 6) is 0.298. The van der Waals surface area contributed by atoms with E-state index in [0.717, 1.165) is 36.9 Å². The SMILES string of the molecule is C=NC1=C(C(=O)NCCC(CCN)(C(C)=C2CC2)c2c(C)cc(OCC#N)cc2F)CCCN1. The number of aryl methyl sites for hydroxylation is 1. The number of amides is 1. The molecule has 1 fully saturated rings. The molecule has 1 aromatic rings. The van der Waals surface area contributed by atoms with Gasteiger partial charge in [0.2, 0.25) is 0 Å². The van der Waals surface area contributed by atoms with Crippen molar-refractivity contribution in [2.24, 2.45) is 10.7 Å². The molecule has 182 valence electrons. The molecule has 1 aliphatic carbocycles. The van der Waals surface area contributed by atoms with Crippen LogP contribution >= 0.6 is 0 Å². The highest BCUT2D eigenvalue weighted by Gasteiger charge is 2.40. The summed E-state index contributed by atoms with van der Waals surface area (Å²) in [5, 5.41) is 14.9. The van der Waals surface area contributed by atoms with Crippen molar-refractivity contribution < 1.29 is 13.9 Å². The second-order valence-electron chi connectivity index (χ2n) is 8.91. The van der Waals surface area contributed by atoms with Crippen molar-refractivity contribution in [1.29, 1.82) is 5.26 Å². The summed E-state index contributed by atoms with van der Waals surface area (Å²) >= 11 is 0. The van der Waals surface area contributed by atoms with E-state index in [1.165, 1.54) is 11.6 Å². The predicted molar refractivity (Wildman–Crippen MR) is 131 cm³/mol. The van der Waals surface area contributed by atoms with Crippen molar-refractivity contribution in [3.8, 4) is 11.8 Å². The first-order valence-corrected chi connectivity index (χ1v) is 11.8. The lowest BCUT2D eigenvalue weighted by Gasteiger charge is -2.38. The second kappa shape index (κ2) is 11.3. The number of rotatable bonds is 11. The minimum atomic E-state index is -0.644. The summed E-state index contributed by atoms with van der Waals surface area (Å²) < 4.78 is 21.0. The Morgan fingerprint density at radius 2 is 2.15 bits per heavy atom. The van der Waals surface area contributed by atoms with E-state index in [0.29, 0.717) is 55.1 Å². The predicted octanol–water partition coefficient (Wildman–Crippen LogP) is 3.54. The molecule has 7 nitrogen and oxygen atoms in total. The lowest BCUT2D eigenvalue weighted by atomic mass is 9.67. The number of nitrogens with one attached hydrogen (secondary N) is 2. The first kappa shape index (κ1) is 25.4. The van der Waals surface area contributed by atoms with Crippen molar-refractivity contribution in [1.82, 2.24) is 10.6 Å². The molecule has 1 heterocycles. The van der Waals surface area contributed by atoms with Crippen molar-refractivity contribution in [3.63, 3.8) is 0 Å². The Kier molecular flexibility index (Phi) is 8.46. The Bertz CT molecular complexity index is 1030. The van der Waals surface area contributed by atoms with Crippen molar-refractivity contribution in [3.05, 3.63) is 51.6 Å². The van der Waals surface area contributed by atoms with E-state index < -0.39 is 5.41 Å². The fourth-order valence-electron chi connectivity index (χ4n) is 5.04. The molecule has 0 aromatic heterocycles. The van der Waals surface area contributed by atoms with Crippen LogP contribution in [0.2, 0.25) is 0 Å². The van der Waals surface area contributed by atoms with Crippen molar-refractivity contribution >= 4 is 12.6 Å². The van der Waals surface area contributed by atoms with Crippen LogP contribution in [0, 0.1) is 24.1 Å². The Balaban J connectivity index is 1.93. The minimum absolute atomic E-state index is 0.145. The number of carbonyl (C=O) groups is 1. The first-order valence-electron chi connectivity index (χ1n) is 11.8. The maximum absolute atomic E-state index is 15.6. The molecule has 1 aliphatic heterocycles. The Morgan fingerprint density at radius 1 is 1.38 bits per heavy atom. The zero-order valence-electron chi connectivity index (χ0n) is 20.1. The third-order valence-electron chi connectivity index (χ3n) is 6.81. The van der Waals surface area contributed by atoms with Crippen LogP contribution in [0.15, 0.2) is 39.7 Å². The number of aliphatic imine (C=N–C) groups is 1. The first-order chi connectivity index (χ1) is 16.4. The van der Waals surface area contributed by atoms with Crippen LogP contribution in [0.25, 0.3) is 0 Å². The molecular formula is C26H34FN5O2. The van der Waals surface area contributed by atoms with Gasteiger partial charge in [0.25, 0.3) is 5.91 Å². The number of hydrogen-bond donors (Lipinski definition) is 3. The van der Waals surface area contributed by atoms with Gasteiger partial charge < -0.3 is 21.1 Å². The molecule has 0 radical (unpaired) electrons. The third-order valence-corrected chi connectivity index (χ3v) is 6.81. The third kappa shape index (κ3) is 5.48. The van der Waals surface area contributed by atoms with Gasteiger partial charge >= 0.3 is 0 Å². The summed E-state index contributed by atoms with van der Waals surface area (Å²) in [6.07, 6.45) is 4.57. The monoisotopic (exact) mass is 467 g/mol. The average molecular weight is 468 g/mol. The zero-order chi connectivity index (χ0) is 24.7. The number of nitriles is 1. The number of nitrogens with zero attached hydrogens (tertiary/aromatic N) is 2. The number of nitrogens with two attached hydrogens (primary N) is 1. The number of ether oxygens (including phenoxy) is 1. The number of hydrogen-bond acceptors (Lipinski definition) is 6. The molecule has 1 atom stereocenters. The quantitative estimate of drug-likeness (QED) is 0.340. The lowest BCUT2D eigenvalue weighted by Crippen LogP contribution is -2.38. The van der Waals surface area contributed by atoms with Crippen LogP contribution in [0.1, 0.15) is 56.6 Å². The van der Waals surface area contributed by atoms with Crippen molar-refractivity contribution in [2.75, 3.05) is 26.2 Å². The van der Waals surface area contributed by atoms with Gasteiger partial charge in [0.1, 0.15) is 23.5 Å². The van der Waals surface area contributed by atoms with Crippen LogP contribution in [0.5, 0.6) is 5.75 Å². The van der Waals surface area contributed by atoms with E-state index >= 15 is 4.39 Å². The molecule has 0 spiro atoms. The summed E-state index contributed by atoms with van der Waals surface area (Å²) in [6, 6.07) is 5.02. The van der Waals surface area contributed by atoms with E-state index in [1.54, 1.807) is 6.07 Å². The Morgan fingerprint density at radius 3 is 2.76 bits per heavy atom. The molecule has 34 heavy (non-hydrogen) atoms. The molecule has 4 N–H and O–H groups in total. The lowest BCUT2D eigenvalue weighted by molar-refractivity contribution is -0.117. The van der Waals surface area contributed by atoms with Gasteiger partial charge in [-0.25, -0.2) is 9.38 Å². The second-order valence-corrected chi connectivity index (χ2v) is 8.91. The normalized spacial score (nSPS) is 16.7. The molecule has 2 aliphatic rings. The fourth-order valence-corrected chi connectivity index (χ4v) is 5.04. The molecule has 1 unspecified atom stereocenters. The molecule has 1 amide bonds. The summed E-state index contributed by atoms with van der Waals surface area (Å²) in [4.78, 5) is 16.8. The Labute approximate surface area is 201 Å². The molecule has 1 aromatic carbocycles. The van der Waals surface area contributed by atoms with Gasteiger partial charge in [-0.3, -0.25) is 4.79 Å². The maximum Gasteiger partial charge on any atom is 0.250 e. The molecular weight excluding hydrogens is 433 g/mol. The average Bonchev–Trinajstić information content (AvgIpc) is 3.67.